The molecule has 2 bridgehead atoms. The molecule has 0 aromatic heterocycles. The second-order valence-corrected chi connectivity index (χ2v) is 4.03. The third-order valence-corrected chi connectivity index (χ3v) is 2.93. The standard InChI is InChI=1S/C10H9N2O5/c13-6-3-5(7-4-16-10(6)17-7)12-9(15)2-1-8(14)11-12/h1-2,5,7,10H,3-4H2/q+1/t5-,7+,10+/m0/s1. The summed E-state index contributed by atoms with van der Waals surface area (Å²) >= 11 is 0. The second-order valence-electron chi connectivity index (χ2n) is 4.03. The van der Waals surface area contributed by atoms with Crippen LogP contribution in [0.3, 0.4) is 0 Å². The lowest BCUT2D eigenvalue weighted by atomic mass is 10.0. The van der Waals surface area contributed by atoms with Crippen molar-refractivity contribution in [3.05, 3.63) is 12.2 Å². The Kier molecular flexibility index (Phi) is 2.23. The van der Waals surface area contributed by atoms with Gasteiger partial charge in [-0.3, -0.25) is 9.59 Å². The molecule has 2 amide bonds. The average molecular weight is 237 g/mol. The van der Waals surface area contributed by atoms with E-state index in [0.29, 0.717) is 0 Å². The lowest BCUT2D eigenvalue weighted by Crippen LogP contribution is -2.47. The Morgan fingerprint density at radius 2 is 2.12 bits per heavy atom. The highest BCUT2D eigenvalue weighted by molar-refractivity contribution is 5.96. The van der Waals surface area contributed by atoms with Crippen molar-refractivity contribution in [2.24, 2.45) is 5.11 Å². The molecule has 2 fully saturated rings. The maximum Gasteiger partial charge on any atom is 0.437 e. The molecule has 7 nitrogen and oxygen atoms in total. The Morgan fingerprint density at radius 1 is 1.29 bits per heavy atom. The molecule has 2 saturated heterocycles. The van der Waals surface area contributed by atoms with Crippen LogP contribution in [0.1, 0.15) is 6.42 Å². The average Bonchev–Trinajstić information content (AvgIpc) is 2.73. The number of azo groups is 2. The first-order valence-corrected chi connectivity index (χ1v) is 5.22. The van der Waals surface area contributed by atoms with Crippen LogP contribution in [-0.4, -0.2) is 47.3 Å². The summed E-state index contributed by atoms with van der Waals surface area (Å²) in [5.74, 6) is -1.16. The molecule has 0 unspecified atom stereocenters. The van der Waals surface area contributed by atoms with Gasteiger partial charge in [0.2, 0.25) is 12.3 Å². The highest BCUT2D eigenvalue weighted by Gasteiger charge is 2.51. The van der Waals surface area contributed by atoms with Gasteiger partial charge in [0.1, 0.15) is 6.10 Å². The first-order valence-electron chi connectivity index (χ1n) is 5.22. The van der Waals surface area contributed by atoms with E-state index in [1.54, 1.807) is 0 Å². The zero-order valence-electron chi connectivity index (χ0n) is 8.74. The van der Waals surface area contributed by atoms with Gasteiger partial charge in [0.25, 0.3) is 0 Å². The molecule has 17 heavy (non-hydrogen) atoms. The van der Waals surface area contributed by atoms with E-state index in [0.717, 1.165) is 16.8 Å². The lowest BCUT2D eigenvalue weighted by molar-refractivity contribution is -0.554. The number of carbonyl (C=O) groups excluding carboxylic acids is 3. The van der Waals surface area contributed by atoms with Crippen LogP contribution in [0.25, 0.3) is 0 Å². The Labute approximate surface area is 95.7 Å². The fourth-order valence-electron chi connectivity index (χ4n) is 2.11. The van der Waals surface area contributed by atoms with E-state index in [4.69, 9.17) is 9.47 Å². The fourth-order valence-corrected chi connectivity index (χ4v) is 2.11. The minimum Gasteiger partial charge on any atom is -0.343 e. The molecule has 3 rings (SSSR count). The third kappa shape index (κ3) is 1.63. The molecule has 7 heteroatoms. The number of ether oxygens (including phenoxy) is 2. The largest absolute Gasteiger partial charge is 0.437 e. The summed E-state index contributed by atoms with van der Waals surface area (Å²) in [5.41, 5.74) is 0. The quantitative estimate of drug-likeness (QED) is 0.555. The Hall–Kier alpha value is -1.73. The van der Waals surface area contributed by atoms with Crippen LogP contribution in [0.4, 0.5) is 0 Å². The van der Waals surface area contributed by atoms with Gasteiger partial charge in [-0.05, 0) is 4.70 Å². The topological polar surface area (TPSA) is 85.0 Å². The van der Waals surface area contributed by atoms with E-state index >= 15 is 0 Å². The van der Waals surface area contributed by atoms with Crippen LogP contribution in [0, 0.1) is 0 Å². The molecule has 0 aliphatic carbocycles. The molecule has 0 aromatic rings. The maximum atomic E-state index is 11.6. The number of hydrogen-bond acceptors (Lipinski definition) is 5. The number of fused-ring (bicyclic) bond motifs is 2. The number of Topliss-reactive ketones (excluding diaryl/α,β-unsaturated/α-hetero) is 1. The molecule has 3 heterocycles. The van der Waals surface area contributed by atoms with Crippen molar-refractivity contribution in [1.82, 2.24) is 0 Å². The third-order valence-electron chi connectivity index (χ3n) is 2.93. The van der Waals surface area contributed by atoms with Crippen LogP contribution in [-0.2, 0) is 23.9 Å². The van der Waals surface area contributed by atoms with Gasteiger partial charge < -0.3 is 9.47 Å². The first kappa shape index (κ1) is 10.4. The molecule has 0 saturated carbocycles. The lowest BCUT2D eigenvalue weighted by Gasteiger charge is -2.21. The minimum atomic E-state index is -0.817. The molecule has 3 atom stereocenters. The monoisotopic (exact) mass is 237 g/mol. The predicted molar refractivity (Wildman–Crippen MR) is 49.9 cm³/mol. The van der Waals surface area contributed by atoms with Gasteiger partial charge in [-0.1, -0.05) is 0 Å². The summed E-state index contributed by atoms with van der Waals surface area (Å²) in [6, 6.07) is -0.553. The molecule has 0 N–H and O–H groups in total. The van der Waals surface area contributed by atoms with Gasteiger partial charge in [0.05, 0.1) is 19.1 Å². The van der Waals surface area contributed by atoms with Crippen molar-refractivity contribution < 1.29 is 28.6 Å². The first-order chi connectivity index (χ1) is 8.15. The summed E-state index contributed by atoms with van der Waals surface area (Å²) in [7, 11) is 0. The molecular weight excluding hydrogens is 228 g/mol. The Bertz CT molecular complexity index is 481. The summed E-state index contributed by atoms with van der Waals surface area (Å²) in [4.78, 5) is 34.3. The number of carbonyl (C=O) groups is 3. The number of nitrogens with zero attached hydrogens (tertiary/aromatic N) is 2. The fraction of sp³-hybridized carbons (Fsp3) is 0.500. The predicted octanol–water partition coefficient (Wildman–Crippen LogP) is -0.843. The molecule has 3 aliphatic heterocycles. The zero-order chi connectivity index (χ0) is 12.0. The van der Waals surface area contributed by atoms with Crippen molar-refractivity contribution >= 4 is 17.6 Å². The van der Waals surface area contributed by atoms with Gasteiger partial charge in [-0.2, -0.15) is 0 Å². The van der Waals surface area contributed by atoms with E-state index in [1.807, 2.05) is 0 Å². The number of hydrogen-bond donors (Lipinski definition) is 0. The molecule has 88 valence electrons. The summed E-state index contributed by atoms with van der Waals surface area (Å²) in [6.45, 7) is 0.234. The van der Waals surface area contributed by atoms with Crippen LogP contribution in [0.5, 0.6) is 0 Å². The normalized spacial score (nSPS) is 36.4. The van der Waals surface area contributed by atoms with Crippen molar-refractivity contribution in [1.29, 1.82) is 0 Å². The van der Waals surface area contributed by atoms with Crippen LogP contribution in [0.2, 0.25) is 0 Å². The summed E-state index contributed by atoms with van der Waals surface area (Å²) < 4.78 is 11.4. The van der Waals surface area contributed by atoms with Crippen molar-refractivity contribution in [3.63, 3.8) is 0 Å². The zero-order valence-corrected chi connectivity index (χ0v) is 8.74. The summed E-state index contributed by atoms with van der Waals surface area (Å²) in [6.07, 6.45) is 1.12. The van der Waals surface area contributed by atoms with E-state index in [-0.39, 0.29) is 18.8 Å². The second kappa shape index (κ2) is 3.64. The number of ketones is 1. The van der Waals surface area contributed by atoms with E-state index in [2.05, 4.69) is 5.11 Å². The van der Waals surface area contributed by atoms with Crippen LogP contribution < -0.4 is 0 Å². The molecule has 0 aromatic carbocycles. The van der Waals surface area contributed by atoms with Gasteiger partial charge in [0, 0.05) is 11.2 Å². The molecule has 0 radical (unpaired) electrons. The van der Waals surface area contributed by atoms with E-state index in [9.17, 15) is 14.4 Å². The van der Waals surface area contributed by atoms with Crippen molar-refractivity contribution in [2.45, 2.75) is 24.9 Å². The van der Waals surface area contributed by atoms with Crippen molar-refractivity contribution in [2.75, 3.05) is 6.61 Å². The van der Waals surface area contributed by atoms with Crippen LogP contribution in [0.15, 0.2) is 17.3 Å². The molecule has 3 aliphatic rings. The van der Waals surface area contributed by atoms with Gasteiger partial charge >= 0.3 is 11.8 Å². The highest BCUT2D eigenvalue weighted by Crippen LogP contribution is 2.27. The van der Waals surface area contributed by atoms with Crippen LogP contribution >= 0.6 is 0 Å². The number of rotatable bonds is 1. The van der Waals surface area contributed by atoms with Gasteiger partial charge in [-0.25, -0.2) is 4.79 Å². The van der Waals surface area contributed by atoms with Gasteiger partial charge in [-0.15, -0.1) is 0 Å². The number of amides is 2. The molecular formula is C10H9N2O5+. The van der Waals surface area contributed by atoms with Gasteiger partial charge in [0.15, 0.2) is 5.78 Å². The maximum absolute atomic E-state index is 11.6. The van der Waals surface area contributed by atoms with Crippen molar-refractivity contribution in [3.8, 4) is 0 Å². The minimum absolute atomic E-state index is 0.103. The SMILES string of the molecule is O=C1C=CC(=O)[N+]([C@H]2CC(=O)[C@@H]3OC[C@H]2O3)=N1. The Morgan fingerprint density at radius 3 is 2.94 bits per heavy atom. The van der Waals surface area contributed by atoms with E-state index < -0.39 is 30.3 Å². The van der Waals surface area contributed by atoms with E-state index in [1.165, 1.54) is 0 Å². The highest BCUT2D eigenvalue weighted by atomic mass is 16.7. The smallest absolute Gasteiger partial charge is 0.343 e. The Balaban J connectivity index is 1.91. The molecule has 0 spiro atoms. The summed E-state index contributed by atoms with van der Waals surface area (Å²) in [5, 5.41) is 3.61.